The van der Waals surface area contributed by atoms with Gasteiger partial charge in [-0.3, -0.25) is 4.79 Å². The third-order valence-electron chi connectivity index (χ3n) is 5.17. The number of unbranched alkanes of at least 4 members (excludes halogenated alkanes) is 2. The van der Waals surface area contributed by atoms with Crippen LogP contribution in [0.2, 0.25) is 0 Å². The first-order valence-corrected chi connectivity index (χ1v) is 12.7. The lowest BCUT2D eigenvalue weighted by Crippen LogP contribution is -2.30. The van der Waals surface area contributed by atoms with Gasteiger partial charge in [0.05, 0.1) is 11.1 Å². The fraction of sp³-hybridized carbons (Fsp3) is 0.429. The van der Waals surface area contributed by atoms with Crippen molar-refractivity contribution in [1.29, 1.82) is 0 Å². The van der Waals surface area contributed by atoms with Crippen LogP contribution >= 0.6 is 0 Å². The van der Waals surface area contributed by atoms with Crippen LogP contribution in [-0.2, 0) is 23.7 Å². The van der Waals surface area contributed by atoms with Gasteiger partial charge in [-0.25, -0.2) is 14.4 Å². The molecule has 0 heterocycles. The summed E-state index contributed by atoms with van der Waals surface area (Å²) in [4.78, 5) is 47.6. The van der Waals surface area contributed by atoms with Crippen LogP contribution < -0.4 is 10.6 Å². The number of hydrogen-bond donors (Lipinski definition) is 2. The Morgan fingerprint density at radius 2 is 1.13 bits per heavy atom. The summed E-state index contributed by atoms with van der Waals surface area (Å²) in [5.74, 6) is -1.53. The number of hydrogen-bond acceptors (Lipinski definition) is 9. The molecule has 0 aliphatic rings. The minimum atomic E-state index is -1.00. The van der Waals surface area contributed by atoms with Crippen LogP contribution in [0.4, 0.5) is 4.79 Å². The zero-order chi connectivity index (χ0) is 27.6. The van der Waals surface area contributed by atoms with Crippen LogP contribution in [0.15, 0.2) is 60.7 Å². The first kappa shape index (κ1) is 30.3. The molecule has 2 aromatic carbocycles. The zero-order valence-corrected chi connectivity index (χ0v) is 21.9. The molecule has 2 N–H and O–H groups in total. The average Bonchev–Trinajstić information content (AvgIpc) is 2.90. The molecule has 2 rings (SSSR count). The second-order valence-electron chi connectivity index (χ2n) is 8.41. The number of esters is 3. The van der Waals surface area contributed by atoms with E-state index in [2.05, 4.69) is 10.6 Å². The molecule has 38 heavy (non-hydrogen) atoms. The van der Waals surface area contributed by atoms with Crippen LogP contribution in [0.25, 0.3) is 0 Å². The molecule has 2 aromatic rings. The maximum atomic E-state index is 12.0. The summed E-state index contributed by atoms with van der Waals surface area (Å²) in [6.45, 7) is 4.85. The number of rotatable bonds is 16. The normalized spacial score (nSPS) is 12.1. The van der Waals surface area contributed by atoms with Crippen molar-refractivity contribution in [3.8, 4) is 0 Å². The fourth-order valence-electron chi connectivity index (χ4n) is 3.30. The van der Waals surface area contributed by atoms with Crippen molar-refractivity contribution in [3.05, 3.63) is 71.8 Å². The summed E-state index contributed by atoms with van der Waals surface area (Å²) >= 11 is 0. The number of nitrogens with one attached hydrogen (secondary N) is 2. The standard InChI is InChI=1S/C28H36N2O8/c1-21(36-26(32)23-13-6-3-7-14-23)35-25(31)17-12-19-29-18-10-5-11-20-30-28(34)38-22(2)37-27(33)24-15-8-4-9-16-24/h3-4,6-9,13-16,21-22,29H,5,10-12,17-20H2,1-2H3,(H,30,34). The molecule has 10 heteroatoms. The lowest BCUT2D eigenvalue weighted by atomic mass is 10.2. The lowest BCUT2D eigenvalue weighted by Gasteiger charge is -2.14. The van der Waals surface area contributed by atoms with E-state index in [0.717, 1.165) is 25.8 Å². The second kappa shape index (κ2) is 17.5. The van der Waals surface area contributed by atoms with Crippen LogP contribution in [0.1, 0.15) is 66.7 Å². The number of alkyl carbamates (subject to hydrolysis) is 1. The van der Waals surface area contributed by atoms with E-state index in [0.29, 0.717) is 30.6 Å². The van der Waals surface area contributed by atoms with Gasteiger partial charge in [0.1, 0.15) is 0 Å². The molecular weight excluding hydrogens is 492 g/mol. The second-order valence-corrected chi connectivity index (χ2v) is 8.41. The maximum Gasteiger partial charge on any atom is 0.410 e. The molecule has 0 saturated carbocycles. The van der Waals surface area contributed by atoms with Crippen molar-refractivity contribution < 1.29 is 38.1 Å². The zero-order valence-electron chi connectivity index (χ0n) is 21.9. The molecule has 0 aliphatic heterocycles. The third-order valence-corrected chi connectivity index (χ3v) is 5.17. The molecule has 0 aromatic heterocycles. The minimum absolute atomic E-state index is 0.214. The van der Waals surface area contributed by atoms with Gasteiger partial charge in [0.15, 0.2) is 0 Å². The van der Waals surface area contributed by atoms with Crippen LogP contribution in [0.5, 0.6) is 0 Å². The highest BCUT2D eigenvalue weighted by atomic mass is 16.7. The molecule has 2 unspecified atom stereocenters. The molecule has 0 fully saturated rings. The van der Waals surface area contributed by atoms with E-state index in [1.165, 1.54) is 13.8 Å². The largest absolute Gasteiger partial charge is 0.425 e. The molecule has 0 bridgehead atoms. The van der Waals surface area contributed by atoms with Crippen molar-refractivity contribution >= 4 is 24.0 Å². The Kier molecular flexibility index (Phi) is 14.0. The monoisotopic (exact) mass is 528 g/mol. The average molecular weight is 529 g/mol. The van der Waals surface area contributed by atoms with Gasteiger partial charge in [-0.1, -0.05) is 42.8 Å². The summed E-state index contributed by atoms with van der Waals surface area (Å²) in [5, 5.41) is 5.88. The molecule has 0 saturated heterocycles. The Bertz CT molecular complexity index is 919. The number of carbonyl (C=O) groups is 4. The van der Waals surface area contributed by atoms with E-state index in [1.807, 2.05) is 0 Å². The maximum absolute atomic E-state index is 12.0. The predicted molar refractivity (Wildman–Crippen MR) is 139 cm³/mol. The summed E-state index contributed by atoms with van der Waals surface area (Å²) in [7, 11) is 0. The molecule has 206 valence electrons. The topological polar surface area (TPSA) is 129 Å². The fourth-order valence-corrected chi connectivity index (χ4v) is 3.30. The number of benzene rings is 2. The molecule has 0 radical (unpaired) electrons. The van der Waals surface area contributed by atoms with E-state index in [9.17, 15) is 19.2 Å². The quantitative estimate of drug-likeness (QED) is 0.187. The third kappa shape index (κ3) is 12.9. The molecule has 0 spiro atoms. The Hall–Kier alpha value is -3.92. The van der Waals surface area contributed by atoms with Crippen molar-refractivity contribution in [3.63, 3.8) is 0 Å². The van der Waals surface area contributed by atoms with Crippen molar-refractivity contribution in [1.82, 2.24) is 10.6 Å². The highest BCUT2D eigenvalue weighted by Gasteiger charge is 2.16. The van der Waals surface area contributed by atoms with E-state index in [1.54, 1.807) is 60.7 Å². The first-order chi connectivity index (χ1) is 18.3. The first-order valence-electron chi connectivity index (χ1n) is 12.7. The Morgan fingerprint density at radius 3 is 1.71 bits per heavy atom. The van der Waals surface area contributed by atoms with Gasteiger partial charge in [0, 0.05) is 26.8 Å². The Labute approximate surface area is 223 Å². The van der Waals surface area contributed by atoms with Gasteiger partial charge in [-0.15, -0.1) is 0 Å². The molecular formula is C28H36N2O8. The summed E-state index contributed by atoms with van der Waals surface area (Å²) < 4.78 is 20.3. The van der Waals surface area contributed by atoms with Crippen molar-refractivity contribution in [2.45, 2.75) is 58.5 Å². The van der Waals surface area contributed by atoms with Crippen LogP contribution in [0, 0.1) is 0 Å². The van der Waals surface area contributed by atoms with E-state index in [4.69, 9.17) is 18.9 Å². The van der Waals surface area contributed by atoms with Crippen molar-refractivity contribution in [2.24, 2.45) is 0 Å². The van der Waals surface area contributed by atoms with Gasteiger partial charge in [0.25, 0.3) is 0 Å². The van der Waals surface area contributed by atoms with Gasteiger partial charge in [0.2, 0.25) is 12.6 Å². The SMILES string of the molecule is CC(OC(=O)CCCNCCCCCNC(=O)OC(C)OC(=O)c1ccccc1)OC(=O)c1ccccc1. The highest BCUT2D eigenvalue weighted by molar-refractivity contribution is 5.89. The van der Waals surface area contributed by atoms with Gasteiger partial charge in [-0.2, -0.15) is 0 Å². The minimum Gasteiger partial charge on any atom is -0.425 e. The molecule has 10 nitrogen and oxygen atoms in total. The van der Waals surface area contributed by atoms with Gasteiger partial charge >= 0.3 is 24.0 Å². The molecule has 1 amide bonds. The van der Waals surface area contributed by atoms with E-state index in [-0.39, 0.29) is 6.42 Å². The van der Waals surface area contributed by atoms with Crippen molar-refractivity contribution in [2.75, 3.05) is 19.6 Å². The number of carbonyl (C=O) groups excluding carboxylic acids is 4. The summed E-state index contributed by atoms with van der Waals surface area (Å²) in [6, 6.07) is 17.0. The predicted octanol–water partition coefficient (Wildman–Crippen LogP) is 4.20. The van der Waals surface area contributed by atoms with Crippen LogP contribution in [-0.4, -0.2) is 56.2 Å². The number of ether oxygens (including phenoxy) is 4. The lowest BCUT2D eigenvalue weighted by molar-refractivity contribution is -0.165. The molecule has 2 atom stereocenters. The Morgan fingerprint density at radius 1 is 0.632 bits per heavy atom. The van der Waals surface area contributed by atoms with E-state index < -0.39 is 36.6 Å². The summed E-state index contributed by atoms with van der Waals surface area (Å²) in [6.07, 6.45) is 0.757. The smallest absolute Gasteiger partial charge is 0.410 e. The molecule has 0 aliphatic carbocycles. The Balaban J connectivity index is 1.41. The van der Waals surface area contributed by atoms with E-state index >= 15 is 0 Å². The van der Waals surface area contributed by atoms with Gasteiger partial charge in [-0.05, 0) is 56.6 Å². The number of amides is 1. The van der Waals surface area contributed by atoms with Crippen LogP contribution in [0.3, 0.4) is 0 Å². The summed E-state index contributed by atoms with van der Waals surface area (Å²) in [5.41, 5.74) is 0.778. The highest BCUT2D eigenvalue weighted by Crippen LogP contribution is 2.07. The van der Waals surface area contributed by atoms with Gasteiger partial charge < -0.3 is 29.6 Å².